The third kappa shape index (κ3) is 9.00. The molecule has 0 aliphatic heterocycles. The van der Waals surface area contributed by atoms with Gasteiger partial charge in [0.05, 0.1) is 28.7 Å². The van der Waals surface area contributed by atoms with Crippen LogP contribution in [0.2, 0.25) is 10.0 Å². The maximum absolute atomic E-state index is 12.3. The predicted octanol–water partition coefficient (Wildman–Crippen LogP) is 4.24. The van der Waals surface area contributed by atoms with Crippen LogP contribution in [-0.2, 0) is 25.5 Å². The molecule has 0 unspecified atom stereocenters. The van der Waals surface area contributed by atoms with E-state index in [2.05, 4.69) is 16.0 Å². The van der Waals surface area contributed by atoms with Gasteiger partial charge in [0, 0.05) is 18.7 Å². The molecule has 0 spiro atoms. The van der Waals surface area contributed by atoms with E-state index >= 15 is 0 Å². The van der Waals surface area contributed by atoms with Crippen LogP contribution in [0.15, 0.2) is 42.5 Å². The first-order valence-electron chi connectivity index (χ1n) is 11.7. The van der Waals surface area contributed by atoms with E-state index in [1.54, 1.807) is 38.1 Å². The number of aliphatic hydroxyl groups is 1. The molecular weight excluding hydrogens is 505 g/mol. The summed E-state index contributed by atoms with van der Waals surface area (Å²) in [6, 6.07) is 12.4. The number of ether oxygens (including phenoxy) is 1. The van der Waals surface area contributed by atoms with Gasteiger partial charge < -0.3 is 25.8 Å². The van der Waals surface area contributed by atoms with Crippen molar-refractivity contribution in [2.45, 2.75) is 46.1 Å². The number of halogens is 2. The molecular formula is C26H33Cl2N3O5. The van der Waals surface area contributed by atoms with E-state index in [0.717, 1.165) is 0 Å². The van der Waals surface area contributed by atoms with Crippen LogP contribution >= 0.6 is 23.2 Å². The first-order chi connectivity index (χ1) is 17.0. The predicted molar refractivity (Wildman–Crippen MR) is 142 cm³/mol. The highest BCUT2D eigenvalue weighted by Gasteiger charge is 2.31. The lowest BCUT2D eigenvalue weighted by Gasteiger charge is -2.28. The van der Waals surface area contributed by atoms with Crippen LogP contribution in [0.1, 0.15) is 39.2 Å². The van der Waals surface area contributed by atoms with E-state index < -0.39 is 23.4 Å². The number of amides is 2. The van der Waals surface area contributed by atoms with Gasteiger partial charge >= 0.3 is 5.97 Å². The minimum atomic E-state index is -1.15. The van der Waals surface area contributed by atoms with Crippen molar-refractivity contribution < 1.29 is 24.2 Å². The Kier molecular flexibility index (Phi) is 11.5. The lowest BCUT2D eigenvalue weighted by molar-refractivity contribution is -0.143. The number of hydrogen-bond donors (Lipinski definition) is 4. The molecule has 2 aromatic rings. The summed E-state index contributed by atoms with van der Waals surface area (Å²) in [5.41, 5.74) is 1.37. The number of rotatable bonds is 13. The molecule has 0 saturated carbocycles. The molecule has 0 radical (unpaired) electrons. The van der Waals surface area contributed by atoms with Crippen LogP contribution in [-0.4, -0.2) is 48.7 Å². The molecule has 4 N–H and O–H groups in total. The van der Waals surface area contributed by atoms with Crippen molar-refractivity contribution in [2.75, 3.05) is 25.0 Å². The van der Waals surface area contributed by atoms with Gasteiger partial charge in [0.2, 0.25) is 11.8 Å². The first kappa shape index (κ1) is 29.4. The van der Waals surface area contributed by atoms with E-state index in [1.807, 2.05) is 25.1 Å². The Hall–Kier alpha value is -2.81. The largest absolute Gasteiger partial charge is 0.464 e. The summed E-state index contributed by atoms with van der Waals surface area (Å²) in [6.45, 7) is 5.73. The van der Waals surface area contributed by atoms with Crippen molar-refractivity contribution in [1.82, 2.24) is 10.6 Å². The molecule has 10 heteroatoms. The van der Waals surface area contributed by atoms with Gasteiger partial charge in [0.25, 0.3) is 0 Å². The highest BCUT2D eigenvalue weighted by molar-refractivity contribution is 6.39. The van der Waals surface area contributed by atoms with E-state index in [0.29, 0.717) is 33.4 Å². The zero-order valence-corrected chi connectivity index (χ0v) is 22.2. The van der Waals surface area contributed by atoms with Gasteiger partial charge in [-0.3, -0.25) is 14.4 Å². The number of aliphatic hydroxyl groups excluding tert-OH is 1. The molecule has 36 heavy (non-hydrogen) atoms. The summed E-state index contributed by atoms with van der Waals surface area (Å²) < 4.78 is 5.24. The SMILES string of the molecule is CCC(C)(C)[C@@H](O)C(=O)NCCC(=O)NCCOC(=O)Cc1ccccc1Nc1c(Cl)cccc1Cl. The van der Waals surface area contributed by atoms with E-state index in [-0.39, 0.29) is 38.4 Å². The molecule has 0 fully saturated rings. The Morgan fingerprint density at radius 3 is 2.33 bits per heavy atom. The first-order valence-corrected chi connectivity index (χ1v) is 12.5. The van der Waals surface area contributed by atoms with E-state index in [1.165, 1.54) is 0 Å². The Morgan fingerprint density at radius 2 is 1.67 bits per heavy atom. The van der Waals surface area contributed by atoms with Crippen molar-refractivity contribution in [2.24, 2.45) is 5.41 Å². The summed E-state index contributed by atoms with van der Waals surface area (Å²) in [5, 5.41) is 19.4. The number of carbonyl (C=O) groups is 3. The van der Waals surface area contributed by atoms with Gasteiger partial charge in [-0.05, 0) is 35.6 Å². The van der Waals surface area contributed by atoms with Gasteiger partial charge in [-0.25, -0.2) is 0 Å². The van der Waals surface area contributed by atoms with Crippen LogP contribution in [0.5, 0.6) is 0 Å². The fourth-order valence-electron chi connectivity index (χ4n) is 3.14. The van der Waals surface area contributed by atoms with Crippen LogP contribution < -0.4 is 16.0 Å². The molecule has 1 atom stereocenters. The molecule has 0 bridgehead atoms. The second kappa shape index (κ2) is 14.1. The summed E-state index contributed by atoms with van der Waals surface area (Å²) in [6.07, 6.45) is -0.449. The van der Waals surface area contributed by atoms with Gasteiger partial charge in [0.15, 0.2) is 0 Å². The van der Waals surface area contributed by atoms with Gasteiger partial charge in [-0.15, -0.1) is 0 Å². The third-order valence-corrected chi connectivity index (χ3v) is 6.44. The van der Waals surface area contributed by atoms with Crippen molar-refractivity contribution >= 4 is 52.4 Å². The third-order valence-electron chi connectivity index (χ3n) is 5.81. The standard InChI is InChI=1S/C26H33Cl2N3O5/c1-4-26(2,3)24(34)25(35)30-13-12-21(32)29-14-15-36-22(33)16-17-8-5-6-11-20(17)31-23-18(27)9-7-10-19(23)28/h5-11,24,31,34H,4,12-16H2,1-3H3,(H,29,32)(H,30,35)/t24-/m0/s1. The molecule has 0 heterocycles. The minimum Gasteiger partial charge on any atom is -0.464 e. The van der Waals surface area contributed by atoms with Crippen LogP contribution in [0.25, 0.3) is 0 Å². The Bertz CT molecular complexity index is 1040. The Balaban J connectivity index is 1.73. The molecule has 2 rings (SSSR count). The molecule has 8 nitrogen and oxygen atoms in total. The van der Waals surface area contributed by atoms with E-state index in [4.69, 9.17) is 27.9 Å². The average molecular weight is 538 g/mol. The minimum absolute atomic E-state index is 0.00622. The second-order valence-corrected chi connectivity index (χ2v) is 9.73. The summed E-state index contributed by atoms with van der Waals surface area (Å²) in [7, 11) is 0. The summed E-state index contributed by atoms with van der Waals surface area (Å²) >= 11 is 12.5. The topological polar surface area (TPSA) is 117 Å². The summed E-state index contributed by atoms with van der Waals surface area (Å²) in [5.74, 6) is -1.26. The molecule has 0 saturated heterocycles. The van der Waals surface area contributed by atoms with Crippen LogP contribution in [0.4, 0.5) is 11.4 Å². The van der Waals surface area contributed by atoms with Gasteiger partial charge in [-0.2, -0.15) is 0 Å². The fraction of sp³-hybridized carbons (Fsp3) is 0.423. The zero-order valence-electron chi connectivity index (χ0n) is 20.7. The summed E-state index contributed by atoms with van der Waals surface area (Å²) in [4.78, 5) is 36.3. The highest BCUT2D eigenvalue weighted by Crippen LogP contribution is 2.33. The Labute approximate surface area is 221 Å². The van der Waals surface area contributed by atoms with Gasteiger partial charge in [-0.1, -0.05) is 68.2 Å². The molecule has 0 aliphatic rings. The quantitative estimate of drug-likeness (QED) is 0.224. The average Bonchev–Trinajstić information content (AvgIpc) is 2.84. The van der Waals surface area contributed by atoms with Crippen LogP contribution in [0.3, 0.4) is 0 Å². The maximum Gasteiger partial charge on any atom is 0.310 e. The van der Waals surface area contributed by atoms with Crippen molar-refractivity contribution in [3.63, 3.8) is 0 Å². The highest BCUT2D eigenvalue weighted by atomic mass is 35.5. The smallest absolute Gasteiger partial charge is 0.310 e. The van der Waals surface area contributed by atoms with Gasteiger partial charge in [0.1, 0.15) is 12.7 Å². The Morgan fingerprint density at radius 1 is 1.00 bits per heavy atom. The number of benzene rings is 2. The lowest BCUT2D eigenvalue weighted by atomic mass is 9.83. The zero-order chi connectivity index (χ0) is 26.7. The number of nitrogens with one attached hydrogen (secondary N) is 3. The van der Waals surface area contributed by atoms with E-state index in [9.17, 15) is 19.5 Å². The number of para-hydroxylation sites is 2. The number of carbonyl (C=O) groups excluding carboxylic acids is 3. The normalized spacial score (nSPS) is 11.9. The lowest BCUT2D eigenvalue weighted by Crippen LogP contribution is -2.44. The molecule has 2 amide bonds. The van der Waals surface area contributed by atoms with Crippen molar-refractivity contribution in [1.29, 1.82) is 0 Å². The molecule has 2 aromatic carbocycles. The maximum atomic E-state index is 12.3. The molecule has 0 aliphatic carbocycles. The molecule has 196 valence electrons. The monoisotopic (exact) mass is 537 g/mol. The molecule has 0 aromatic heterocycles. The number of hydrogen-bond acceptors (Lipinski definition) is 6. The van der Waals surface area contributed by atoms with Crippen molar-refractivity contribution in [3.8, 4) is 0 Å². The number of esters is 1. The fourth-order valence-corrected chi connectivity index (χ4v) is 3.63. The second-order valence-electron chi connectivity index (χ2n) is 8.91. The van der Waals surface area contributed by atoms with Crippen LogP contribution in [0, 0.1) is 5.41 Å². The van der Waals surface area contributed by atoms with Crippen molar-refractivity contribution in [3.05, 3.63) is 58.1 Å². The number of anilines is 2.